The predicted molar refractivity (Wildman–Crippen MR) is 90.9 cm³/mol. The molecule has 0 atom stereocenters. The molecule has 0 saturated heterocycles. The van der Waals surface area contributed by atoms with E-state index < -0.39 is 0 Å². The highest BCUT2D eigenvalue weighted by atomic mass is 16.2. The van der Waals surface area contributed by atoms with Gasteiger partial charge in [0.2, 0.25) is 11.8 Å². The van der Waals surface area contributed by atoms with Gasteiger partial charge >= 0.3 is 0 Å². The zero-order valence-corrected chi connectivity index (χ0v) is 13.6. The van der Waals surface area contributed by atoms with Crippen molar-refractivity contribution in [3.8, 4) is 0 Å². The Balaban J connectivity index is 1.43. The lowest BCUT2D eigenvalue weighted by atomic mass is 9.99. The first kappa shape index (κ1) is 16.2. The molecule has 0 spiro atoms. The standard InChI is InChI=1S/C19H21N3O2/c23-18(21-13-17-7-3-4-11-20-17)8-9-19(24)22-12-10-15-5-1-2-6-16(15)14-22/h1-7,11H,8-10,12-14H2,(H,21,23). The van der Waals surface area contributed by atoms with Gasteiger partial charge in [0.05, 0.1) is 12.2 Å². The van der Waals surface area contributed by atoms with Crippen molar-refractivity contribution in [3.05, 3.63) is 65.5 Å². The van der Waals surface area contributed by atoms with Crippen molar-refractivity contribution < 1.29 is 9.59 Å². The molecule has 24 heavy (non-hydrogen) atoms. The first-order valence-electron chi connectivity index (χ1n) is 8.23. The van der Waals surface area contributed by atoms with Crippen LogP contribution in [0.25, 0.3) is 0 Å². The maximum atomic E-state index is 12.3. The van der Waals surface area contributed by atoms with E-state index in [4.69, 9.17) is 0 Å². The third-order valence-electron chi connectivity index (χ3n) is 4.24. The van der Waals surface area contributed by atoms with E-state index in [-0.39, 0.29) is 24.7 Å². The van der Waals surface area contributed by atoms with Crippen LogP contribution < -0.4 is 5.32 Å². The summed E-state index contributed by atoms with van der Waals surface area (Å²) in [6.07, 6.45) is 3.03. The highest BCUT2D eigenvalue weighted by Gasteiger charge is 2.20. The third kappa shape index (κ3) is 4.19. The molecule has 1 N–H and O–H groups in total. The highest BCUT2D eigenvalue weighted by Crippen LogP contribution is 2.19. The normalized spacial score (nSPS) is 13.2. The molecule has 5 heteroatoms. The van der Waals surface area contributed by atoms with Gasteiger partial charge in [-0.15, -0.1) is 0 Å². The summed E-state index contributed by atoms with van der Waals surface area (Å²) in [7, 11) is 0. The zero-order valence-electron chi connectivity index (χ0n) is 13.6. The Morgan fingerprint density at radius 2 is 1.83 bits per heavy atom. The average molecular weight is 323 g/mol. The summed E-state index contributed by atoms with van der Waals surface area (Å²) in [5.41, 5.74) is 3.33. The molecule has 5 nitrogen and oxygen atoms in total. The van der Waals surface area contributed by atoms with E-state index in [0.29, 0.717) is 13.1 Å². The molecule has 2 amide bonds. The molecule has 1 aromatic heterocycles. The number of amides is 2. The van der Waals surface area contributed by atoms with Gasteiger partial charge in [0, 0.05) is 32.1 Å². The molecule has 0 fully saturated rings. The Kier molecular flexibility index (Phi) is 5.21. The van der Waals surface area contributed by atoms with E-state index in [0.717, 1.165) is 18.7 Å². The van der Waals surface area contributed by atoms with Crippen molar-refractivity contribution in [2.45, 2.75) is 32.4 Å². The molecule has 3 rings (SSSR count). The number of rotatable bonds is 5. The van der Waals surface area contributed by atoms with Gasteiger partial charge in [-0.1, -0.05) is 30.3 Å². The number of nitrogens with one attached hydrogen (secondary N) is 1. The molecule has 124 valence electrons. The van der Waals surface area contributed by atoms with Crippen molar-refractivity contribution in [2.75, 3.05) is 6.54 Å². The summed E-state index contributed by atoms with van der Waals surface area (Å²) in [5.74, 6) is -0.0797. The lowest BCUT2D eigenvalue weighted by molar-refractivity contribution is -0.134. The van der Waals surface area contributed by atoms with Gasteiger partial charge in [-0.05, 0) is 29.7 Å². The first-order valence-corrected chi connectivity index (χ1v) is 8.23. The molecule has 0 aliphatic carbocycles. The van der Waals surface area contributed by atoms with Crippen LogP contribution >= 0.6 is 0 Å². The lowest BCUT2D eigenvalue weighted by Crippen LogP contribution is -2.36. The van der Waals surface area contributed by atoms with Crippen molar-refractivity contribution in [3.63, 3.8) is 0 Å². The number of nitrogens with zero attached hydrogens (tertiary/aromatic N) is 2. The topological polar surface area (TPSA) is 62.3 Å². The number of benzene rings is 1. The van der Waals surface area contributed by atoms with Crippen LogP contribution in [-0.2, 0) is 29.1 Å². The van der Waals surface area contributed by atoms with E-state index >= 15 is 0 Å². The van der Waals surface area contributed by atoms with Crippen molar-refractivity contribution in [2.24, 2.45) is 0 Å². The maximum absolute atomic E-state index is 12.3. The predicted octanol–water partition coefficient (Wildman–Crippen LogP) is 2.06. The number of carbonyl (C=O) groups is 2. The van der Waals surface area contributed by atoms with Gasteiger partial charge in [0.25, 0.3) is 0 Å². The Hall–Kier alpha value is -2.69. The minimum absolute atomic E-state index is 0.0393. The number of fused-ring (bicyclic) bond motifs is 1. The number of aromatic nitrogens is 1. The molecule has 1 aliphatic rings. The largest absolute Gasteiger partial charge is 0.350 e. The number of carbonyl (C=O) groups excluding carboxylic acids is 2. The first-order chi connectivity index (χ1) is 11.7. The average Bonchev–Trinajstić information content (AvgIpc) is 2.65. The Morgan fingerprint density at radius 3 is 2.62 bits per heavy atom. The van der Waals surface area contributed by atoms with Gasteiger partial charge in [-0.2, -0.15) is 0 Å². The molecule has 0 radical (unpaired) electrons. The van der Waals surface area contributed by atoms with Gasteiger partial charge in [0.15, 0.2) is 0 Å². The summed E-state index contributed by atoms with van der Waals surface area (Å²) in [4.78, 5) is 30.2. The fourth-order valence-corrected chi connectivity index (χ4v) is 2.87. The number of pyridine rings is 1. The van der Waals surface area contributed by atoms with Crippen molar-refractivity contribution in [1.29, 1.82) is 0 Å². The summed E-state index contributed by atoms with van der Waals surface area (Å²) in [6, 6.07) is 13.8. The minimum atomic E-state index is -0.119. The molecule has 2 heterocycles. The van der Waals surface area contributed by atoms with Crippen LogP contribution in [0.3, 0.4) is 0 Å². The molecule has 1 aliphatic heterocycles. The van der Waals surface area contributed by atoms with Crippen LogP contribution in [0, 0.1) is 0 Å². The fraction of sp³-hybridized carbons (Fsp3) is 0.316. The van der Waals surface area contributed by atoms with Crippen LogP contribution in [0.1, 0.15) is 29.7 Å². The Bertz CT molecular complexity index is 716. The van der Waals surface area contributed by atoms with E-state index in [1.165, 1.54) is 11.1 Å². The summed E-state index contributed by atoms with van der Waals surface area (Å²) < 4.78 is 0. The second-order valence-corrected chi connectivity index (χ2v) is 5.93. The van der Waals surface area contributed by atoms with Crippen molar-refractivity contribution in [1.82, 2.24) is 15.2 Å². The third-order valence-corrected chi connectivity index (χ3v) is 4.24. The van der Waals surface area contributed by atoms with Crippen LogP contribution in [-0.4, -0.2) is 28.2 Å². The Morgan fingerprint density at radius 1 is 1.04 bits per heavy atom. The van der Waals surface area contributed by atoms with Crippen LogP contribution in [0.15, 0.2) is 48.7 Å². The van der Waals surface area contributed by atoms with Gasteiger partial charge in [0.1, 0.15) is 0 Å². The summed E-state index contributed by atoms with van der Waals surface area (Å²) in [5, 5.41) is 2.80. The molecule has 0 saturated carbocycles. The summed E-state index contributed by atoms with van der Waals surface area (Å²) >= 11 is 0. The second kappa shape index (κ2) is 7.73. The molecule has 2 aromatic rings. The van der Waals surface area contributed by atoms with E-state index in [9.17, 15) is 9.59 Å². The fourth-order valence-electron chi connectivity index (χ4n) is 2.87. The summed E-state index contributed by atoms with van der Waals surface area (Å²) in [6.45, 7) is 1.76. The molecule has 1 aromatic carbocycles. The highest BCUT2D eigenvalue weighted by molar-refractivity contribution is 5.83. The quantitative estimate of drug-likeness (QED) is 0.916. The SMILES string of the molecule is O=C(CCC(=O)N1CCc2ccccc2C1)NCc1ccccn1. The van der Waals surface area contributed by atoms with Crippen molar-refractivity contribution >= 4 is 11.8 Å². The van der Waals surface area contributed by atoms with Crippen LogP contribution in [0.4, 0.5) is 0 Å². The molecule has 0 unspecified atom stereocenters. The molecular weight excluding hydrogens is 302 g/mol. The van der Waals surface area contributed by atoms with Crippen LogP contribution in [0.5, 0.6) is 0 Å². The van der Waals surface area contributed by atoms with E-state index in [2.05, 4.69) is 22.4 Å². The maximum Gasteiger partial charge on any atom is 0.223 e. The van der Waals surface area contributed by atoms with Gasteiger partial charge in [-0.25, -0.2) is 0 Å². The van der Waals surface area contributed by atoms with Crippen LogP contribution in [0.2, 0.25) is 0 Å². The van der Waals surface area contributed by atoms with E-state index in [1.807, 2.05) is 35.2 Å². The molecular formula is C19H21N3O2. The van der Waals surface area contributed by atoms with E-state index in [1.54, 1.807) is 6.20 Å². The molecule has 0 bridgehead atoms. The number of hydrogen-bond acceptors (Lipinski definition) is 3. The Labute approximate surface area is 141 Å². The minimum Gasteiger partial charge on any atom is -0.350 e. The number of hydrogen-bond donors (Lipinski definition) is 1. The van der Waals surface area contributed by atoms with Gasteiger partial charge < -0.3 is 10.2 Å². The monoisotopic (exact) mass is 323 g/mol. The van der Waals surface area contributed by atoms with Gasteiger partial charge in [-0.3, -0.25) is 14.6 Å². The smallest absolute Gasteiger partial charge is 0.223 e. The zero-order chi connectivity index (χ0) is 16.8. The lowest BCUT2D eigenvalue weighted by Gasteiger charge is -2.28. The second-order valence-electron chi connectivity index (χ2n) is 5.93.